The van der Waals surface area contributed by atoms with Gasteiger partial charge in [0.05, 0.1) is 12.7 Å². The quantitative estimate of drug-likeness (QED) is 0.849. The van der Waals surface area contributed by atoms with Gasteiger partial charge in [-0.1, -0.05) is 24.3 Å². The van der Waals surface area contributed by atoms with Crippen LogP contribution < -0.4 is 10.1 Å². The van der Waals surface area contributed by atoms with Gasteiger partial charge in [-0.05, 0) is 48.7 Å². The third kappa shape index (κ3) is 4.57. The van der Waals surface area contributed by atoms with E-state index in [2.05, 4.69) is 11.4 Å². The van der Waals surface area contributed by atoms with E-state index in [1.54, 1.807) is 12.1 Å². The lowest BCUT2D eigenvalue weighted by atomic mass is 10.1. The Morgan fingerprint density at radius 2 is 1.82 bits per heavy atom. The van der Waals surface area contributed by atoms with E-state index in [-0.39, 0.29) is 11.9 Å². The van der Waals surface area contributed by atoms with Gasteiger partial charge in [0, 0.05) is 6.54 Å². The Labute approximate surface area is 130 Å². The van der Waals surface area contributed by atoms with Gasteiger partial charge >= 0.3 is 0 Å². The fraction of sp³-hybridized carbons (Fsp3) is 0.278. The van der Waals surface area contributed by atoms with Gasteiger partial charge in [0.25, 0.3) is 0 Å². The van der Waals surface area contributed by atoms with E-state index in [1.165, 1.54) is 12.1 Å². The first-order chi connectivity index (χ1) is 10.7. The maximum absolute atomic E-state index is 12.8. The van der Waals surface area contributed by atoms with Crippen molar-refractivity contribution in [3.8, 4) is 11.8 Å². The second-order valence-corrected chi connectivity index (χ2v) is 4.89. The highest BCUT2D eigenvalue weighted by Crippen LogP contribution is 2.17. The first kappa shape index (κ1) is 16.0. The number of nitriles is 1. The standard InChI is InChI=1S/C18H19FN2O/c1-2-22-17-9-5-15(6-10-17)18(13-20)21-12-11-14-3-7-16(19)8-4-14/h3-10,18,21H,2,11-12H2,1H3. The molecular weight excluding hydrogens is 279 g/mol. The Bertz CT molecular complexity index is 617. The summed E-state index contributed by atoms with van der Waals surface area (Å²) < 4.78 is 18.2. The summed E-state index contributed by atoms with van der Waals surface area (Å²) in [6, 6.07) is 15.8. The van der Waals surface area contributed by atoms with Gasteiger partial charge in [-0.3, -0.25) is 5.32 Å². The molecule has 22 heavy (non-hydrogen) atoms. The summed E-state index contributed by atoms with van der Waals surface area (Å²) in [6.45, 7) is 3.21. The van der Waals surface area contributed by atoms with Crippen LogP contribution in [0.2, 0.25) is 0 Å². The predicted octanol–water partition coefficient (Wildman–Crippen LogP) is 3.62. The molecule has 0 aliphatic carbocycles. The summed E-state index contributed by atoms with van der Waals surface area (Å²) in [5.74, 6) is 0.565. The van der Waals surface area contributed by atoms with Crippen molar-refractivity contribution in [3.63, 3.8) is 0 Å². The summed E-state index contributed by atoms with van der Waals surface area (Å²) >= 11 is 0. The zero-order valence-corrected chi connectivity index (χ0v) is 12.6. The van der Waals surface area contributed by atoms with E-state index in [9.17, 15) is 9.65 Å². The third-order valence-electron chi connectivity index (χ3n) is 3.33. The van der Waals surface area contributed by atoms with Crippen LogP contribution in [0, 0.1) is 17.1 Å². The number of ether oxygens (including phenoxy) is 1. The summed E-state index contributed by atoms with van der Waals surface area (Å²) in [6.07, 6.45) is 0.746. The molecule has 0 aliphatic rings. The molecule has 1 N–H and O–H groups in total. The minimum Gasteiger partial charge on any atom is -0.494 e. The van der Waals surface area contributed by atoms with Gasteiger partial charge in [-0.15, -0.1) is 0 Å². The molecular formula is C18H19FN2O. The maximum atomic E-state index is 12.8. The van der Waals surface area contributed by atoms with E-state index in [0.717, 1.165) is 23.3 Å². The second-order valence-electron chi connectivity index (χ2n) is 4.89. The van der Waals surface area contributed by atoms with Crippen molar-refractivity contribution in [2.75, 3.05) is 13.2 Å². The van der Waals surface area contributed by atoms with E-state index in [0.29, 0.717) is 13.2 Å². The second kappa shape index (κ2) is 8.16. The van der Waals surface area contributed by atoms with E-state index in [4.69, 9.17) is 4.74 Å². The van der Waals surface area contributed by atoms with E-state index >= 15 is 0 Å². The molecule has 0 radical (unpaired) electrons. The van der Waals surface area contributed by atoms with E-state index in [1.807, 2.05) is 31.2 Å². The number of nitrogens with zero attached hydrogens (tertiary/aromatic N) is 1. The molecule has 0 spiro atoms. The predicted molar refractivity (Wildman–Crippen MR) is 84.1 cm³/mol. The number of hydrogen-bond acceptors (Lipinski definition) is 3. The van der Waals surface area contributed by atoms with Crippen LogP contribution in [0.15, 0.2) is 48.5 Å². The highest BCUT2D eigenvalue weighted by molar-refractivity contribution is 5.31. The fourth-order valence-electron chi connectivity index (χ4n) is 2.17. The van der Waals surface area contributed by atoms with Crippen molar-refractivity contribution in [1.82, 2.24) is 5.32 Å². The molecule has 0 saturated heterocycles. The van der Waals surface area contributed by atoms with Gasteiger partial charge in [-0.2, -0.15) is 5.26 Å². The van der Waals surface area contributed by atoms with Crippen LogP contribution in [0.25, 0.3) is 0 Å². The molecule has 114 valence electrons. The van der Waals surface area contributed by atoms with E-state index < -0.39 is 0 Å². The molecule has 1 atom stereocenters. The van der Waals surface area contributed by atoms with Crippen LogP contribution in [0.4, 0.5) is 4.39 Å². The molecule has 2 aromatic rings. The van der Waals surface area contributed by atoms with Crippen LogP contribution >= 0.6 is 0 Å². The van der Waals surface area contributed by atoms with Gasteiger partial charge in [-0.25, -0.2) is 4.39 Å². The average Bonchev–Trinajstić information content (AvgIpc) is 2.55. The zero-order valence-electron chi connectivity index (χ0n) is 12.6. The van der Waals surface area contributed by atoms with Crippen molar-refractivity contribution >= 4 is 0 Å². The first-order valence-corrected chi connectivity index (χ1v) is 7.33. The molecule has 3 nitrogen and oxygen atoms in total. The molecule has 0 bridgehead atoms. The largest absolute Gasteiger partial charge is 0.494 e. The van der Waals surface area contributed by atoms with Gasteiger partial charge in [0.1, 0.15) is 17.6 Å². The first-order valence-electron chi connectivity index (χ1n) is 7.33. The van der Waals surface area contributed by atoms with Crippen LogP contribution in [-0.2, 0) is 6.42 Å². The molecule has 0 saturated carbocycles. The molecule has 0 heterocycles. The number of halogens is 1. The highest BCUT2D eigenvalue weighted by Gasteiger charge is 2.09. The van der Waals surface area contributed by atoms with Crippen molar-refractivity contribution in [3.05, 3.63) is 65.5 Å². The van der Waals surface area contributed by atoms with Crippen molar-refractivity contribution in [2.45, 2.75) is 19.4 Å². The summed E-state index contributed by atoms with van der Waals surface area (Å²) in [7, 11) is 0. The van der Waals surface area contributed by atoms with Crippen LogP contribution in [0.5, 0.6) is 5.75 Å². The van der Waals surface area contributed by atoms with Crippen molar-refractivity contribution in [1.29, 1.82) is 5.26 Å². The molecule has 0 aromatic heterocycles. The van der Waals surface area contributed by atoms with Gasteiger partial charge in [0.15, 0.2) is 0 Å². The zero-order chi connectivity index (χ0) is 15.8. The number of benzene rings is 2. The number of nitrogens with one attached hydrogen (secondary N) is 1. The monoisotopic (exact) mass is 298 g/mol. The molecule has 2 aromatic carbocycles. The lowest BCUT2D eigenvalue weighted by molar-refractivity contribution is 0.340. The summed E-state index contributed by atoms with van der Waals surface area (Å²) in [4.78, 5) is 0. The van der Waals surface area contributed by atoms with Crippen LogP contribution in [0.3, 0.4) is 0 Å². The number of hydrogen-bond donors (Lipinski definition) is 1. The lowest BCUT2D eigenvalue weighted by Gasteiger charge is -2.12. The minimum absolute atomic E-state index is 0.235. The number of rotatable bonds is 7. The summed E-state index contributed by atoms with van der Waals surface area (Å²) in [5.41, 5.74) is 1.95. The fourth-order valence-corrected chi connectivity index (χ4v) is 2.17. The molecule has 1 unspecified atom stereocenters. The topological polar surface area (TPSA) is 45.0 Å². The Morgan fingerprint density at radius 1 is 1.14 bits per heavy atom. The highest BCUT2D eigenvalue weighted by atomic mass is 19.1. The molecule has 0 aliphatic heterocycles. The minimum atomic E-state index is -0.365. The lowest BCUT2D eigenvalue weighted by Crippen LogP contribution is -2.22. The SMILES string of the molecule is CCOc1ccc(C(C#N)NCCc2ccc(F)cc2)cc1. The Morgan fingerprint density at radius 3 is 2.41 bits per heavy atom. The Kier molecular flexibility index (Phi) is 5.93. The van der Waals surface area contributed by atoms with Crippen molar-refractivity contribution < 1.29 is 9.13 Å². The Balaban J connectivity index is 1.89. The van der Waals surface area contributed by atoms with Gasteiger partial charge < -0.3 is 4.74 Å². The molecule has 2 rings (SSSR count). The van der Waals surface area contributed by atoms with Crippen molar-refractivity contribution in [2.24, 2.45) is 0 Å². The third-order valence-corrected chi connectivity index (χ3v) is 3.33. The maximum Gasteiger partial charge on any atom is 0.123 e. The molecule has 0 fully saturated rings. The molecule has 4 heteroatoms. The smallest absolute Gasteiger partial charge is 0.123 e. The van der Waals surface area contributed by atoms with Crippen LogP contribution in [-0.4, -0.2) is 13.2 Å². The average molecular weight is 298 g/mol. The summed E-state index contributed by atoms with van der Waals surface area (Å²) in [5, 5.41) is 12.5. The Hall–Kier alpha value is -2.38. The van der Waals surface area contributed by atoms with Gasteiger partial charge in [0.2, 0.25) is 0 Å². The normalized spacial score (nSPS) is 11.7. The van der Waals surface area contributed by atoms with Crippen LogP contribution in [0.1, 0.15) is 24.1 Å². The molecule has 0 amide bonds.